The number of carbonyl (C=O) groups excluding carboxylic acids is 1. The van der Waals surface area contributed by atoms with Crippen molar-refractivity contribution in [1.29, 1.82) is 0 Å². The molecule has 0 saturated heterocycles. The Bertz CT molecular complexity index is 214. The van der Waals surface area contributed by atoms with Gasteiger partial charge in [0, 0.05) is 13.6 Å². The van der Waals surface area contributed by atoms with Crippen molar-refractivity contribution >= 4 is 5.91 Å². The summed E-state index contributed by atoms with van der Waals surface area (Å²) in [6.45, 7) is 4.98. The Morgan fingerprint density at radius 3 is 2.60 bits per heavy atom. The highest BCUT2D eigenvalue weighted by Crippen LogP contribution is 2.32. The van der Waals surface area contributed by atoms with Gasteiger partial charge in [0.25, 0.3) is 0 Å². The summed E-state index contributed by atoms with van der Waals surface area (Å²) < 4.78 is 0. The first-order valence-electron chi connectivity index (χ1n) is 6.06. The Kier molecular flexibility index (Phi) is 4.58. The Hall–Kier alpha value is -0.570. The molecule has 0 bridgehead atoms. The Labute approximate surface area is 93.0 Å². The highest BCUT2D eigenvalue weighted by atomic mass is 16.2. The molecule has 2 atom stereocenters. The quantitative estimate of drug-likeness (QED) is 0.727. The van der Waals surface area contributed by atoms with E-state index in [0.29, 0.717) is 0 Å². The molecule has 0 aliphatic heterocycles. The summed E-state index contributed by atoms with van der Waals surface area (Å²) in [5, 5.41) is 0. The molecule has 3 nitrogen and oxygen atoms in total. The van der Waals surface area contributed by atoms with E-state index in [4.69, 9.17) is 5.73 Å². The summed E-state index contributed by atoms with van der Waals surface area (Å²) in [5.41, 5.74) is 5.90. The highest BCUT2D eigenvalue weighted by Gasteiger charge is 2.25. The molecule has 1 amide bonds. The van der Waals surface area contributed by atoms with Crippen LogP contribution in [0.25, 0.3) is 0 Å². The van der Waals surface area contributed by atoms with Gasteiger partial charge in [-0.15, -0.1) is 0 Å². The van der Waals surface area contributed by atoms with Gasteiger partial charge < -0.3 is 10.6 Å². The van der Waals surface area contributed by atoms with Gasteiger partial charge in [0.05, 0.1) is 6.04 Å². The molecule has 1 aliphatic carbocycles. The number of amides is 1. The van der Waals surface area contributed by atoms with E-state index in [1.54, 1.807) is 4.90 Å². The second-order valence-electron chi connectivity index (χ2n) is 4.90. The van der Waals surface area contributed by atoms with Crippen molar-refractivity contribution in [3.05, 3.63) is 0 Å². The van der Waals surface area contributed by atoms with Crippen molar-refractivity contribution in [1.82, 2.24) is 4.90 Å². The first-order valence-corrected chi connectivity index (χ1v) is 6.06. The van der Waals surface area contributed by atoms with E-state index < -0.39 is 0 Å². The summed E-state index contributed by atoms with van der Waals surface area (Å²) in [7, 11) is 1.87. The third-order valence-corrected chi connectivity index (χ3v) is 3.49. The van der Waals surface area contributed by atoms with Crippen LogP contribution in [0.3, 0.4) is 0 Å². The minimum Gasteiger partial charge on any atom is -0.344 e. The van der Waals surface area contributed by atoms with Gasteiger partial charge >= 0.3 is 0 Å². The lowest BCUT2D eigenvalue weighted by Gasteiger charge is -2.24. The number of nitrogens with two attached hydrogens (primary N) is 1. The van der Waals surface area contributed by atoms with Crippen molar-refractivity contribution in [3.8, 4) is 0 Å². The number of hydrogen-bond acceptors (Lipinski definition) is 2. The van der Waals surface area contributed by atoms with E-state index in [1.165, 1.54) is 12.8 Å². The summed E-state index contributed by atoms with van der Waals surface area (Å²) in [5.74, 6) is 1.26. The molecule has 0 spiro atoms. The lowest BCUT2D eigenvalue weighted by Crippen LogP contribution is -2.45. The number of hydrogen-bond donors (Lipinski definition) is 1. The molecule has 0 unspecified atom stereocenters. The molecule has 1 aliphatic rings. The standard InChI is InChI=1S/C12H24N2O/c1-4-9(2)11(13)12(15)14(3)8-7-10-5-6-10/h9-11H,4-8,13H2,1-3H3/t9-,11-/m0/s1. The minimum atomic E-state index is -0.320. The molecule has 2 N–H and O–H groups in total. The molecule has 0 aromatic carbocycles. The third-order valence-electron chi connectivity index (χ3n) is 3.49. The van der Waals surface area contributed by atoms with Gasteiger partial charge in [0.15, 0.2) is 0 Å². The van der Waals surface area contributed by atoms with Crippen LogP contribution in [0.1, 0.15) is 39.5 Å². The number of carbonyl (C=O) groups is 1. The third kappa shape index (κ3) is 3.82. The van der Waals surface area contributed by atoms with Gasteiger partial charge in [-0.2, -0.15) is 0 Å². The average Bonchev–Trinajstić information content (AvgIpc) is 3.06. The van der Waals surface area contributed by atoms with Gasteiger partial charge in [0.1, 0.15) is 0 Å². The smallest absolute Gasteiger partial charge is 0.239 e. The van der Waals surface area contributed by atoms with Crippen LogP contribution in [0.15, 0.2) is 0 Å². The first kappa shape index (κ1) is 12.5. The van der Waals surface area contributed by atoms with Crippen molar-refractivity contribution in [2.75, 3.05) is 13.6 Å². The van der Waals surface area contributed by atoms with Crippen LogP contribution in [0.5, 0.6) is 0 Å². The van der Waals surface area contributed by atoms with E-state index in [2.05, 4.69) is 6.92 Å². The van der Waals surface area contributed by atoms with E-state index in [0.717, 1.165) is 25.3 Å². The van der Waals surface area contributed by atoms with Gasteiger partial charge in [-0.1, -0.05) is 33.1 Å². The molecular formula is C12H24N2O. The fourth-order valence-corrected chi connectivity index (χ4v) is 1.64. The highest BCUT2D eigenvalue weighted by molar-refractivity contribution is 5.81. The summed E-state index contributed by atoms with van der Waals surface area (Å²) in [4.78, 5) is 13.7. The van der Waals surface area contributed by atoms with E-state index >= 15 is 0 Å². The molecule has 1 fully saturated rings. The van der Waals surface area contributed by atoms with Crippen LogP contribution in [-0.4, -0.2) is 30.4 Å². The second-order valence-corrected chi connectivity index (χ2v) is 4.90. The van der Waals surface area contributed by atoms with Crippen molar-refractivity contribution in [3.63, 3.8) is 0 Å². The van der Waals surface area contributed by atoms with E-state index in [9.17, 15) is 4.79 Å². The maximum atomic E-state index is 11.9. The topological polar surface area (TPSA) is 46.3 Å². The number of likely N-dealkylation sites (N-methyl/N-ethyl adjacent to an activating group) is 1. The second kappa shape index (κ2) is 5.50. The monoisotopic (exact) mass is 212 g/mol. The first-order chi connectivity index (χ1) is 7.06. The van der Waals surface area contributed by atoms with Gasteiger partial charge in [-0.3, -0.25) is 4.79 Å². The summed E-state index contributed by atoms with van der Waals surface area (Å²) >= 11 is 0. The fourth-order valence-electron chi connectivity index (χ4n) is 1.64. The molecule has 1 saturated carbocycles. The molecular weight excluding hydrogens is 188 g/mol. The van der Waals surface area contributed by atoms with Crippen molar-refractivity contribution in [2.24, 2.45) is 17.6 Å². The van der Waals surface area contributed by atoms with E-state index in [-0.39, 0.29) is 17.9 Å². The van der Waals surface area contributed by atoms with Crippen LogP contribution >= 0.6 is 0 Å². The van der Waals surface area contributed by atoms with Crippen LogP contribution in [-0.2, 0) is 4.79 Å². The van der Waals surface area contributed by atoms with Crippen molar-refractivity contribution in [2.45, 2.75) is 45.6 Å². The molecule has 0 radical (unpaired) electrons. The van der Waals surface area contributed by atoms with Gasteiger partial charge in [0.2, 0.25) is 5.91 Å². The number of rotatable bonds is 6. The largest absolute Gasteiger partial charge is 0.344 e. The lowest BCUT2D eigenvalue weighted by atomic mass is 9.99. The van der Waals surface area contributed by atoms with Gasteiger partial charge in [-0.25, -0.2) is 0 Å². The van der Waals surface area contributed by atoms with Crippen LogP contribution in [0.4, 0.5) is 0 Å². The summed E-state index contributed by atoms with van der Waals surface area (Å²) in [6.07, 6.45) is 4.80. The SMILES string of the molecule is CC[C@H](C)[C@H](N)C(=O)N(C)CCC1CC1. The molecule has 88 valence electrons. The average molecular weight is 212 g/mol. The summed E-state index contributed by atoms with van der Waals surface area (Å²) in [6, 6.07) is -0.320. The predicted molar refractivity (Wildman–Crippen MR) is 62.4 cm³/mol. The number of nitrogens with zero attached hydrogens (tertiary/aromatic N) is 1. The minimum absolute atomic E-state index is 0.102. The van der Waals surface area contributed by atoms with Crippen LogP contribution in [0, 0.1) is 11.8 Å². The lowest BCUT2D eigenvalue weighted by molar-refractivity contribution is -0.132. The molecule has 1 rings (SSSR count). The Morgan fingerprint density at radius 2 is 2.13 bits per heavy atom. The van der Waals surface area contributed by atoms with E-state index in [1.807, 2.05) is 14.0 Å². The van der Waals surface area contributed by atoms with Gasteiger partial charge in [-0.05, 0) is 18.3 Å². The zero-order valence-corrected chi connectivity index (χ0v) is 10.2. The molecule has 0 aromatic heterocycles. The molecule has 3 heteroatoms. The van der Waals surface area contributed by atoms with Crippen LogP contribution < -0.4 is 5.73 Å². The zero-order chi connectivity index (χ0) is 11.4. The Balaban J connectivity index is 2.29. The maximum absolute atomic E-state index is 11.9. The molecule has 0 aromatic rings. The normalized spacial score (nSPS) is 19.7. The molecule has 15 heavy (non-hydrogen) atoms. The van der Waals surface area contributed by atoms with Crippen LogP contribution in [0.2, 0.25) is 0 Å². The maximum Gasteiger partial charge on any atom is 0.239 e. The van der Waals surface area contributed by atoms with Crippen molar-refractivity contribution < 1.29 is 4.79 Å². The molecule has 0 heterocycles. The zero-order valence-electron chi connectivity index (χ0n) is 10.2. The predicted octanol–water partition coefficient (Wildman–Crippen LogP) is 1.62. The fraction of sp³-hybridized carbons (Fsp3) is 0.917. The Morgan fingerprint density at radius 1 is 1.53 bits per heavy atom.